The highest BCUT2D eigenvalue weighted by atomic mass is 32.2. The third-order valence-electron chi connectivity index (χ3n) is 5.74. The average Bonchev–Trinajstić information content (AvgIpc) is 2.70. The van der Waals surface area contributed by atoms with Crippen LogP contribution >= 0.6 is 0 Å². The highest BCUT2D eigenvalue weighted by Gasteiger charge is 2.20. The fourth-order valence-electron chi connectivity index (χ4n) is 3.56. The van der Waals surface area contributed by atoms with Crippen LogP contribution in [0.2, 0.25) is 0 Å². The lowest BCUT2D eigenvalue weighted by Crippen LogP contribution is -2.23. The van der Waals surface area contributed by atoms with Crippen LogP contribution in [0.25, 0.3) is 11.0 Å². The first-order valence-corrected chi connectivity index (χ1v) is 11.7. The molecule has 3 rings (SSSR count). The number of aryl methyl sites for hydroxylation is 3. The molecule has 0 bridgehead atoms. The van der Waals surface area contributed by atoms with Crippen LogP contribution in [0.4, 0.5) is 5.69 Å². The van der Waals surface area contributed by atoms with E-state index in [4.69, 9.17) is 4.42 Å². The van der Waals surface area contributed by atoms with Crippen molar-refractivity contribution >= 4 is 32.6 Å². The second-order valence-electron chi connectivity index (χ2n) is 8.24. The number of nitrogens with one attached hydrogen (secondary N) is 1. The lowest BCUT2D eigenvalue weighted by atomic mass is 10.0. The molecule has 3 aromatic rings. The molecule has 8 heteroatoms. The van der Waals surface area contributed by atoms with Crippen LogP contribution in [0.15, 0.2) is 44.4 Å². The summed E-state index contributed by atoms with van der Waals surface area (Å²) in [7, 11) is -0.717. The van der Waals surface area contributed by atoms with E-state index < -0.39 is 15.6 Å². The van der Waals surface area contributed by atoms with Gasteiger partial charge >= 0.3 is 5.63 Å². The number of carbonyl (C=O) groups excluding carboxylic acids is 1. The first-order valence-electron chi connectivity index (χ1n) is 10.3. The molecular formula is C24H28N2O5S. The number of rotatable bonds is 6. The maximum atomic E-state index is 12.7. The summed E-state index contributed by atoms with van der Waals surface area (Å²) in [6.07, 6.45) is 0.281. The van der Waals surface area contributed by atoms with Gasteiger partial charge in [-0.05, 0) is 74.6 Å². The minimum absolute atomic E-state index is 0.0616. The molecule has 0 fully saturated rings. The number of fused-ring (bicyclic) bond motifs is 1. The Morgan fingerprint density at radius 1 is 1.03 bits per heavy atom. The van der Waals surface area contributed by atoms with E-state index in [9.17, 15) is 18.0 Å². The summed E-state index contributed by atoms with van der Waals surface area (Å²) in [4.78, 5) is 25.3. The highest BCUT2D eigenvalue weighted by Crippen LogP contribution is 2.26. The van der Waals surface area contributed by atoms with E-state index in [0.717, 1.165) is 31.9 Å². The molecule has 0 saturated heterocycles. The lowest BCUT2D eigenvalue weighted by molar-refractivity contribution is -0.116. The molecule has 7 nitrogen and oxygen atoms in total. The van der Waals surface area contributed by atoms with Crippen LogP contribution in [-0.2, 0) is 21.2 Å². The van der Waals surface area contributed by atoms with Crippen molar-refractivity contribution in [2.75, 3.05) is 19.4 Å². The number of sulfonamides is 1. The molecule has 0 radical (unpaired) electrons. The van der Waals surface area contributed by atoms with Gasteiger partial charge < -0.3 is 9.73 Å². The lowest BCUT2D eigenvalue weighted by Gasteiger charge is -2.16. The summed E-state index contributed by atoms with van der Waals surface area (Å²) in [5.41, 5.74) is 4.33. The van der Waals surface area contributed by atoms with Crippen molar-refractivity contribution in [2.24, 2.45) is 0 Å². The van der Waals surface area contributed by atoms with E-state index in [2.05, 4.69) is 5.32 Å². The van der Waals surface area contributed by atoms with Gasteiger partial charge in [0.15, 0.2) is 0 Å². The third-order valence-corrected chi connectivity index (χ3v) is 7.53. The van der Waals surface area contributed by atoms with Crippen molar-refractivity contribution in [3.05, 3.63) is 68.6 Å². The fourth-order valence-corrected chi connectivity index (χ4v) is 4.57. The molecule has 0 aliphatic carbocycles. The topological polar surface area (TPSA) is 96.7 Å². The van der Waals surface area contributed by atoms with E-state index >= 15 is 0 Å². The molecule has 0 saturated carbocycles. The van der Waals surface area contributed by atoms with Crippen LogP contribution in [-0.4, -0.2) is 32.7 Å². The second kappa shape index (κ2) is 8.88. The number of hydrogen-bond acceptors (Lipinski definition) is 5. The van der Waals surface area contributed by atoms with Gasteiger partial charge in [0, 0.05) is 37.2 Å². The SMILES string of the molecule is Cc1ccc2c(C)c(CCC(=O)Nc3cc(S(=O)(=O)N(C)C)cc(C)c3C)c(=O)oc2c1. The zero-order valence-corrected chi connectivity index (χ0v) is 20.0. The molecule has 1 aromatic heterocycles. The first kappa shape index (κ1) is 23.7. The van der Waals surface area contributed by atoms with Crippen molar-refractivity contribution in [1.82, 2.24) is 4.31 Å². The molecule has 1 heterocycles. The number of nitrogens with zero attached hydrogens (tertiary/aromatic N) is 1. The summed E-state index contributed by atoms with van der Waals surface area (Å²) >= 11 is 0. The predicted molar refractivity (Wildman–Crippen MR) is 126 cm³/mol. The van der Waals surface area contributed by atoms with Crippen LogP contribution < -0.4 is 10.9 Å². The fraction of sp³-hybridized carbons (Fsp3) is 0.333. The molecule has 1 N–H and O–H groups in total. The maximum absolute atomic E-state index is 12.7. The Balaban J connectivity index is 1.84. The summed E-state index contributed by atoms with van der Waals surface area (Å²) in [5.74, 6) is -0.310. The van der Waals surface area contributed by atoms with E-state index in [1.165, 1.54) is 20.2 Å². The minimum Gasteiger partial charge on any atom is -0.423 e. The second-order valence-corrected chi connectivity index (χ2v) is 10.4. The largest absolute Gasteiger partial charge is 0.423 e. The van der Waals surface area contributed by atoms with E-state index in [1.54, 1.807) is 13.0 Å². The van der Waals surface area contributed by atoms with E-state index in [-0.39, 0.29) is 23.6 Å². The molecule has 1 amide bonds. The van der Waals surface area contributed by atoms with Crippen molar-refractivity contribution in [1.29, 1.82) is 0 Å². The van der Waals surface area contributed by atoms with Crippen LogP contribution in [0.1, 0.15) is 34.2 Å². The van der Waals surface area contributed by atoms with Crippen molar-refractivity contribution in [3.8, 4) is 0 Å². The maximum Gasteiger partial charge on any atom is 0.339 e. The average molecular weight is 457 g/mol. The Kier molecular flexibility index (Phi) is 6.57. The normalized spacial score (nSPS) is 11.8. The number of hydrogen-bond donors (Lipinski definition) is 1. The van der Waals surface area contributed by atoms with Crippen LogP contribution in [0.3, 0.4) is 0 Å². The molecular weight excluding hydrogens is 428 g/mol. The standard InChI is InChI=1S/C24H28N2O5S/c1-14-7-8-19-17(4)20(24(28)31-22(19)11-14)9-10-23(27)25-21-13-18(12-15(2)16(21)3)32(29,30)26(5)6/h7-8,11-13H,9-10H2,1-6H3,(H,25,27). The number of benzene rings is 2. The molecule has 2 aromatic carbocycles. The van der Waals surface area contributed by atoms with E-state index in [0.29, 0.717) is 16.8 Å². The zero-order chi connectivity index (χ0) is 23.8. The molecule has 32 heavy (non-hydrogen) atoms. The van der Waals surface area contributed by atoms with Gasteiger partial charge in [-0.15, -0.1) is 0 Å². The Hall–Kier alpha value is -2.97. The van der Waals surface area contributed by atoms with Crippen molar-refractivity contribution in [3.63, 3.8) is 0 Å². The van der Waals surface area contributed by atoms with Gasteiger partial charge in [-0.2, -0.15) is 0 Å². The molecule has 0 aliphatic rings. The zero-order valence-electron chi connectivity index (χ0n) is 19.2. The predicted octanol–water partition coefficient (Wildman–Crippen LogP) is 3.85. The number of amides is 1. The Morgan fingerprint density at radius 3 is 2.38 bits per heavy atom. The summed E-state index contributed by atoms with van der Waals surface area (Å²) in [5, 5.41) is 3.65. The van der Waals surface area contributed by atoms with Crippen molar-refractivity contribution in [2.45, 2.75) is 45.4 Å². The van der Waals surface area contributed by atoms with Gasteiger partial charge in [-0.1, -0.05) is 12.1 Å². The molecule has 0 spiro atoms. The third kappa shape index (κ3) is 4.61. The van der Waals surface area contributed by atoms with Gasteiger partial charge in [-0.25, -0.2) is 17.5 Å². The van der Waals surface area contributed by atoms with E-state index in [1.807, 2.05) is 39.0 Å². The smallest absolute Gasteiger partial charge is 0.339 e. The number of anilines is 1. The van der Waals surface area contributed by atoms with Gasteiger partial charge in [0.05, 0.1) is 4.90 Å². The molecule has 170 valence electrons. The first-order chi connectivity index (χ1) is 14.9. The highest BCUT2D eigenvalue weighted by molar-refractivity contribution is 7.89. The summed E-state index contributed by atoms with van der Waals surface area (Å²) < 4.78 is 31.6. The molecule has 0 atom stereocenters. The Morgan fingerprint density at radius 2 is 1.72 bits per heavy atom. The van der Waals surface area contributed by atoms with Crippen molar-refractivity contribution < 1.29 is 17.6 Å². The monoisotopic (exact) mass is 456 g/mol. The Bertz CT molecular complexity index is 1370. The number of carbonyl (C=O) groups is 1. The van der Waals surface area contributed by atoms with Gasteiger partial charge in [0.25, 0.3) is 0 Å². The summed E-state index contributed by atoms with van der Waals surface area (Å²) in [6, 6.07) is 8.74. The van der Waals surface area contributed by atoms with Gasteiger partial charge in [-0.3, -0.25) is 4.79 Å². The quantitative estimate of drug-likeness (QED) is 0.569. The van der Waals surface area contributed by atoms with Crippen LogP contribution in [0, 0.1) is 27.7 Å². The summed E-state index contributed by atoms with van der Waals surface area (Å²) in [6.45, 7) is 7.40. The molecule has 0 aliphatic heterocycles. The van der Waals surface area contributed by atoms with Gasteiger partial charge in [0.1, 0.15) is 5.58 Å². The molecule has 0 unspecified atom stereocenters. The van der Waals surface area contributed by atoms with Gasteiger partial charge in [0.2, 0.25) is 15.9 Å². The minimum atomic E-state index is -3.64. The van der Waals surface area contributed by atoms with Crippen LogP contribution in [0.5, 0.6) is 0 Å². The Labute approximate surface area is 188 Å².